The number of primary amides is 1. The smallest absolute Gasteiger partial charge is 0.280 e. The van der Waals surface area contributed by atoms with E-state index in [1.807, 2.05) is 24.3 Å². The van der Waals surface area contributed by atoms with Gasteiger partial charge >= 0.3 is 0 Å². The summed E-state index contributed by atoms with van der Waals surface area (Å²) in [5.74, 6) is -1.46. The minimum Gasteiger partial charge on any atom is -0.382 e. The van der Waals surface area contributed by atoms with Gasteiger partial charge in [0.25, 0.3) is 5.91 Å². The molecule has 0 saturated heterocycles. The summed E-state index contributed by atoms with van der Waals surface area (Å²) in [6.45, 7) is 0.437. The topological polar surface area (TPSA) is 214 Å². The highest BCUT2D eigenvalue weighted by Crippen LogP contribution is 2.20. The maximum Gasteiger partial charge on any atom is 0.280 e. The normalized spacial score (nSPS) is 12.5. The number of aromatic nitrogens is 2. The van der Waals surface area contributed by atoms with Crippen LogP contribution in [0.3, 0.4) is 0 Å². The Kier molecular flexibility index (Phi) is 8.39. The van der Waals surface area contributed by atoms with Crippen molar-refractivity contribution in [3.05, 3.63) is 58.4 Å². The average molecular weight is 498 g/mol. The molecule has 0 bridgehead atoms. The number of carbonyl (C=O) groups excluding carboxylic acids is 2. The number of rotatable bonds is 9. The minimum atomic E-state index is -0.695. The molecule has 0 spiro atoms. The van der Waals surface area contributed by atoms with Crippen LogP contribution in [0.25, 0.3) is 10.8 Å². The number of anilines is 2. The standard InChI is InChI=1S/C23H28ClN9O2/c24-18-20(27)32-19(26)17(31-18)22(35)33-23(29)30-8-2-1-3-12-4-6-15-10-13(5-7-14(15)9-12)11-16(25)21(28)34/h4-7,9-10,16H,1-3,8,11,25H2,(H2,28,34)(H4,26,27,32)(H3,29,30,33,35). The highest BCUT2D eigenvalue weighted by atomic mass is 35.5. The number of guanidine groups is 1. The molecular weight excluding hydrogens is 470 g/mol. The van der Waals surface area contributed by atoms with Gasteiger partial charge in [-0.3, -0.25) is 19.9 Å². The summed E-state index contributed by atoms with van der Waals surface area (Å²) in [5.41, 5.74) is 29.9. The van der Waals surface area contributed by atoms with Crippen molar-refractivity contribution in [1.29, 1.82) is 0 Å². The second-order valence-corrected chi connectivity index (χ2v) is 8.40. The van der Waals surface area contributed by atoms with Crippen molar-refractivity contribution < 1.29 is 9.59 Å². The van der Waals surface area contributed by atoms with Gasteiger partial charge in [-0.1, -0.05) is 48.0 Å². The number of amides is 2. The molecule has 1 aromatic heterocycles. The van der Waals surface area contributed by atoms with E-state index in [-0.39, 0.29) is 28.4 Å². The number of fused-ring (bicyclic) bond motifs is 1. The first-order chi connectivity index (χ1) is 16.6. The molecule has 0 aliphatic carbocycles. The van der Waals surface area contributed by atoms with E-state index in [9.17, 15) is 9.59 Å². The largest absolute Gasteiger partial charge is 0.382 e. The molecule has 184 valence electrons. The van der Waals surface area contributed by atoms with Crippen LogP contribution in [-0.4, -0.2) is 40.3 Å². The fraction of sp³-hybridized carbons (Fsp3) is 0.261. The number of hydrogen-bond acceptors (Lipinski definition) is 8. The molecule has 3 rings (SSSR count). The van der Waals surface area contributed by atoms with E-state index in [0.29, 0.717) is 13.0 Å². The zero-order valence-electron chi connectivity index (χ0n) is 19.0. The molecule has 0 aliphatic heterocycles. The molecule has 0 radical (unpaired) electrons. The number of benzene rings is 2. The number of unbranched alkanes of at least 4 members (excludes halogenated alkanes) is 1. The number of aliphatic imine (C=N–C) groups is 1. The molecule has 2 aromatic carbocycles. The number of aryl methyl sites for hydroxylation is 1. The summed E-state index contributed by atoms with van der Waals surface area (Å²) in [5, 5.41) is 4.46. The number of nitrogens with two attached hydrogens (primary N) is 5. The third-order valence-electron chi connectivity index (χ3n) is 5.31. The van der Waals surface area contributed by atoms with Crippen molar-refractivity contribution >= 4 is 51.8 Å². The van der Waals surface area contributed by atoms with Gasteiger partial charge in [-0.15, -0.1) is 0 Å². The van der Waals surface area contributed by atoms with Gasteiger partial charge in [0, 0.05) is 6.54 Å². The molecule has 11 N–H and O–H groups in total. The van der Waals surface area contributed by atoms with E-state index in [4.69, 9.17) is 40.3 Å². The summed E-state index contributed by atoms with van der Waals surface area (Å²) < 4.78 is 0. The van der Waals surface area contributed by atoms with Crippen LogP contribution in [0.4, 0.5) is 11.6 Å². The molecule has 0 aliphatic rings. The average Bonchev–Trinajstić information content (AvgIpc) is 2.81. The predicted molar refractivity (Wildman–Crippen MR) is 138 cm³/mol. The Morgan fingerprint density at radius 2 is 1.63 bits per heavy atom. The van der Waals surface area contributed by atoms with Crippen LogP contribution >= 0.6 is 11.6 Å². The van der Waals surface area contributed by atoms with E-state index < -0.39 is 17.9 Å². The van der Waals surface area contributed by atoms with Crippen molar-refractivity contribution in [2.45, 2.75) is 31.7 Å². The van der Waals surface area contributed by atoms with E-state index in [1.165, 1.54) is 5.56 Å². The lowest BCUT2D eigenvalue weighted by atomic mass is 9.99. The van der Waals surface area contributed by atoms with E-state index in [1.54, 1.807) is 0 Å². The monoisotopic (exact) mass is 497 g/mol. The Hall–Kier alpha value is -3.96. The molecule has 11 nitrogen and oxygen atoms in total. The Morgan fingerprint density at radius 3 is 2.31 bits per heavy atom. The van der Waals surface area contributed by atoms with E-state index >= 15 is 0 Å². The van der Waals surface area contributed by atoms with Crippen molar-refractivity contribution in [1.82, 2.24) is 15.3 Å². The Labute approximate surface area is 207 Å². The number of nitrogens with zero attached hydrogens (tertiary/aromatic N) is 3. The third kappa shape index (κ3) is 7.01. The number of halogens is 1. The maximum absolute atomic E-state index is 12.2. The summed E-state index contributed by atoms with van der Waals surface area (Å²) in [6, 6.07) is 11.5. The second kappa shape index (κ2) is 11.4. The zero-order valence-corrected chi connectivity index (χ0v) is 19.8. The van der Waals surface area contributed by atoms with Crippen LogP contribution in [0.15, 0.2) is 41.4 Å². The first-order valence-electron chi connectivity index (χ1n) is 10.9. The minimum absolute atomic E-state index is 0.0540. The van der Waals surface area contributed by atoms with E-state index in [2.05, 4.69) is 32.4 Å². The van der Waals surface area contributed by atoms with Crippen LogP contribution in [0.5, 0.6) is 0 Å². The fourth-order valence-electron chi connectivity index (χ4n) is 3.45. The molecule has 3 aromatic rings. The van der Waals surface area contributed by atoms with Crippen molar-refractivity contribution in [2.75, 3.05) is 18.0 Å². The molecule has 0 fully saturated rings. The van der Waals surface area contributed by atoms with Crippen molar-refractivity contribution in [3.63, 3.8) is 0 Å². The lowest BCUT2D eigenvalue weighted by molar-refractivity contribution is -0.119. The third-order valence-corrected chi connectivity index (χ3v) is 5.59. The number of nitrogens with one attached hydrogen (secondary N) is 1. The van der Waals surface area contributed by atoms with E-state index in [0.717, 1.165) is 35.6 Å². The lowest BCUT2D eigenvalue weighted by Gasteiger charge is -2.09. The van der Waals surface area contributed by atoms with Gasteiger partial charge in [-0.2, -0.15) is 0 Å². The van der Waals surface area contributed by atoms with Crippen LogP contribution in [0, 0.1) is 0 Å². The zero-order chi connectivity index (χ0) is 25.5. The van der Waals surface area contributed by atoms with Gasteiger partial charge in [-0.25, -0.2) is 9.97 Å². The summed E-state index contributed by atoms with van der Waals surface area (Å²) >= 11 is 5.79. The van der Waals surface area contributed by atoms with Crippen LogP contribution in [0.2, 0.25) is 5.15 Å². The molecule has 1 unspecified atom stereocenters. The van der Waals surface area contributed by atoms with Gasteiger partial charge in [0.15, 0.2) is 28.4 Å². The summed E-state index contributed by atoms with van der Waals surface area (Å²) in [4.78, 5) is 35.2. The molecule has 12 heteroatoms. The van der Waals surface area contributed by atoms with Crippen molar-refractivity contribution in [2.24, 2.45) is 22.2 Å². The maximum atomic E-state index is 12.2. The number of hydrogen-bond donors (Lipinski definition) is 6. The number of carbonyl (C=O) groups is 2. The van der Waals surface area contributed by atoms with Gasteiger partial charge < -0.3 is 28.7 Å². The summed E-state index contributed by atoms with van der Waals surface area (Å²) in [7, 11) is 0. The fourth-order valence-corrected chi connectivity index (χ4v) is 3.57. The van der Waals surface area contributed by atoms with Gasteiger partial charge in [-0.05, 0) is 47.6 Å². The first-order valence-corrected chi connectivity index (χ1v) is 11.3. The van der Waals surface area contributed by atoms with Crippen LogP contribution in [0.1, 0.15) is 34.5 Å². The predicted octanol–water partition coefficient (Wildman–Crippen LogP) is 0.870. The van der Waals surface area contributed by atoms with Gasteiger partial charge in [0.1, 0.15) is 0 Å². The van der Waals surface area contributed by atoms with Gasteiger partial charge in [0.05, 0.1) is 6.04 Å². The summed E-state index contributed by atoms with van der Waals surface area (Å²) in [6.07, 6.45) is 2.93. The highest BCUT2D eigenvalue weighted by molar-refractivity contribution is 6.31. The molecule has 1 heterocycles. The molecule has 2 amide bonds. The van der Waals surface area contributed by atoms with Crippen LogP contribution < -0.4 is 34.0 Å². The Morgan fingerprint density at radius 1 is 0.971 bits per heavy atom. The SMILES string of the molecule is NC(=O)C(N)Cc1ccc2cc(CCCCN=C(N)NC(=O)c3nc(Cl)c(N)nc3N)ccc2c1. The van der Waals surface area contributed by atoms with Crippen LogP contribution in [-0.2, 0) is 17.6 Å². The molecule has 0 saturated carbocycles. The Balaban J connectivity index is 1.48. The van der Waals surface area contributed by atoms with Crippen molar-refractivity contribution in [3.8, 4) is 0 Å². The second-order valence-electron chi connectivity index (χ2n) is 8.04. The number of nitrogen functional groups attached to an aromatic ring is 2. The first kappa shape index (κ1) is 25.7. The molecule has 35 heavy (non-hydrogen) atoms. The lowest BCUT2D eigenvalue weighted by Crippen LogP contribution is -2.38. The molecule has 1 atom stereocenters. The van der Waals surface area contributed by atoms with Gasteiger partial charge in [0.2, 0.25) is 5.91 Å². The Bertz CT molecular complexity index is 1280. The highest BCUT2D eigenvalue weighted by Gasteiger charge is 2.16. The molecular formula is C23H28ClN9O2. The quantitative estimate of drug-likeness (QED) is 0.141.